The molecule has 1 N–H and O–H groups in total. The Balaban J connectivity index is 1.60. The molecule has 1 atom stereocenters. The third-order valence-electron chi connectivity index (χ3n) is 5.36. The topological polar surface area (TPSA) is 92.8 Å². The minimum atomic E-state index is -3.70. The zero-order valence-electron chi connectivity index (χ0n) is 18.2. The van der Waals surface area contributed by atoms with Crippen molar-refractivity contribution in [1.29, 1.82) is 0 Å². The van der Waals surface area contributed by atoms with Crippen molar-refractivity contribution in [1.82, 2.24) is 4.31 Å². The van der Waals surface area contributed by atoms with Crippen LogP contribution in [0.4, 0.5) is 10.1 Å². The number of carbonyl (C=O) groups excluding carboxylic acids is 2. The van der Waals surface area contributed by atoms with E-state index in [0.717, 1.165) is 24.8 Å². The first-order valence-corrected chi connectivity index (χ1v) is 12.5. The number of anilines is 1. The highest BCUT2D eigenvalue weighted by Gasteiger charge is 2.27. The average molecular weight is 497 g/mol. The number of amides is 1. The Hall–Kier alpha value is -2.49. The Morgan fingerprint density at radius 1 is 1.12 bits per heavy atom. The first-order chi connectivity index (χ1) is 15.7. The van der Waals surface area contributed by atoms with Crippen molar-refractivity contribution in [2.24, 2.45) is 0 Å². The minimum Gasteiger partial charge on any atom is -0.453 e. The number of esters is 1. The van der Waals surface area contributed by atoms with E-state index >= 15 is 0 Å². The van der Waals surface area contributed by atoms with Crippen LogP contribution in [0.15, 0.2) is 47.4 Å². The molecule has 3 rings (SSSR count). The maximum atomic E-state index is 13.0. The van der Waals surface area contributed by atoms with Crippen molar-refractivity contribution in [3.8, 4) is 0 Å². The quantitative estimate of drug-likeness (QED) is 0.554. The van der Waals surface area contributed by atoms with Crippen molar-refractivity contribution in [3.63, 3.8) is 0 Å². The maximum absolute atomic E-state index is 13.0. The van der Waals surface area contributed by atoms with Gasteiger partial charge in [-0.15, -0.1) is 0 Å². The lowest BCUT2D eigenvalue weighted by Gasteiger charge is -2.26. The van der Waals surface area contributed by atoms with E-state index in [0.29, 0.717) is 19.5 Å². The molecule has 0 saturated carbocycles. The largest absolute Gasteiger partial charge is 0.453 e. The van der Waals surface area contributed by atoms with Crippen LogP contribution < -0.4 is 5.32 Å². The van der Waals surface area contributed by atoms with Crippen LogP contribution in [0.2, 0.25) is 5.02 Å². The first kappa shape index (κ1) is 25.1. The van der Waals surface area contributed by atoms with E-state index < -0.39 is 28.0 Å². The van der Waals surface area contributed by atoms with Gasteiger partial charge in [-0.3, -0.25) is 9.59 Å². The SMILES string of the molecule is CC(OC(=O)CCc1ccc(F)cc1)C(=O)Nc1cc(S(=O)(=O)N2CCCCC2)ccc1Cl. The molecular weight excluding hydrogens is 471 g/mol. The monoisotopic (exact) mass is 496 g/mol. The number of piperidine rings is 1. The molecule has 0 spiro atoms. The molecule has 0 aromatic heterocycles. The second-order valence-electron chi connectivity index (χ2n) is 7.85. The van der Waals surface area contributed by atoms with E-state index in [1.807, 2.05) is 0 Å². The number of carbonyl (C=O) groups is 2. The van der Waals surface area contributed by atoms with Gasteiger partial charge in [-0.05, 0) is 62.1 Å². The van der Waals surface area contributed by atoms with E-state index in [9.17, 15) is 22.4 Å². The molecule has 2 aromatic carbocycles. The summed E-state index contributed by atoms with van der Waals surface area (Å²) < 4.78 is 45.4. The van der Waals surface area contributed by atoms with E-state index in [2.05, 4.69) is 5.32 Å². The van der Waals surface area contributed by atoms with Gasteiger partial charge in [-0.1, -0.05) is 30.2 Å². The Morgan fingerprint density at radius 2 is 1.79 bits per heavy atom. The van der Waals surface area contributed by atoms with Gasteiger partial charge in [0.1, 0.15) is 5.82 Å². The van der Waals surface area contributed by atoms with E-state index in [1.54, 1.807) is 12.1 Å². The number of hydrogen-bond acceptors (Lipinski definition) is 5. The van der Waals surface area contributed by atoms with E-state index in [-0.39, 0.29) is 27.8 Å². The van der Waals surface area contributed by atoms with Gasteiger partial charge >= 0.3 is 5.97 Å². The Kier molecular flexibility index (Phi) is 8.45. The van der Waals surface area contributed by atoms with Gasteiger partial charge in [0.25, 0.3) is 5.91 Å². The fraction of sp³-hybridized carbons (Fsp3) is 0.391. The summed E-state index contributed by atoms with van der Waals surface area (Å²) in [4.78, 5) is 24.7. The molecule has 33 heavy (non-hydrogen) atoms. The molecule has 1 unspecified atom stereocenters. The van der Waals surface area contributed by atoms with E-state index in [4.69, 9.17) is 16.3 Å². The summed E-state index contributed by atoms with van der Waals surface area (Å²) in [6.07, 6.45) is 1.85. The number of ether oxygens (including phenoxy) is 1. The van der Waals surface area contributed by atoms with Crippen LogP contribution in [0, 0.1) is 5.82 Å². The van der Waals surface area contributed by atoms with Crippen LogP contribution >= 0.6 is 11.6 Å². The minimum absolute atomic E-state index is 0.0214. The summed E-state index contributed by atoms with van der Waals surface area (Å²) in [7, 11) is -3.70. The average Bonchev–Trinajstić information content (AvgIpc) is 2.80. The van der Waals surface area contributed by atoms with E-state index in [1.165, 1.54) is 41.6 Å². The summed E-state index contributed by atoms with van der Waals surface area (Å²) in [6, 6.07) is 9.89. The number of halogens is 2. The van der Waals surface area contributed by atoms with Gasteiger partial charge in [0.15, 0.2) is 6.10 Å². The van der Waals surface area contributed by atoms with Gasteiger partial charge in [0, 0.05) is 19.5 Å². The fourth-order valence-corrected chi connectivity index (χ4v) is 5.17. The number of nitrogens with zero attached hydrogens (tertiary/aromatic N) is 1. The second kappa shape index (κ2) is 11.1. The molecule has 1 heterocycles. The molecule has 0 aliphatic carbocycles. The lowest BCUT2D eigenvalue weighted by Crippen LogP contribution is -2.35. The number of hydrogen-bond donors (Lipinski definition) is 1. The highest BCUT2D eigenvalue weighted by atomic mass is 35.5. The summed E-state index contributed by atoms with van der Waals surface area (Å²) in [5, 5.41) is 2.70. The van der Waals surface area contributed by atoms with Crippen LogP contribution in [0.1, 0.15) is 38.2 Å². The second-order valence-corrected chi connectivity index (χ2v) is 10.2. The third-order valence-corrected chi connectivity index (χ3v) is 7.58. The van der Waals surface area contributed by atoms with Crippen molar-refractivity contribution in [2.45, 2.75) is 50.0 Å². The van der Waals surface area contributed by atoms with Crippen molar-refractivity contribution >= 4 is 39.2 Å². The lowest BCUT2D eigenvalue weighted by atomic mass is 10.1. The maximum Gasteiger partial charge on any atom is 0.306 e. The number of sulfonamides is 1. The van der Waals surface area contributed by atoms with Crippen LogP contribution in [-0.4, -0.2) is 43.8 Å². The molecule has 1 fully saturated rings. The molecule has 1 saturated heterocycles. The molecule has 178 valence electrons. The lowest BCUT2D eigenvalue weighted by molar-refractivity contribution is -0.153. The molecule has 10 heteroatoms. The number of rotatable bonds is 8. The standard InChI is InChI=1S/C23H26ClFN2O5S/c1-16(32-22(28)12-7-17-5-8-18(25)9-6-17)23(29)26-21-15-19(10-11-20(21)24)33(30,31)27-13-3-2-4-14-27/h5-6,8-11,15-16H,2-4,7,12-14H2,1H3,(H,26,29). The van der Waals surface area contributed by atoms with Crippen LogP contribution in [0.3, 0.4) is 0 Å². The highest BCUT2D eigenvalue weighted by molar-refractivity contribution is 7.89. The normalized spacial score (nSPS) is 15.6. The van der Waals surface area contributed by atoms with Crippen molar-refractivity contribution < 1.29 is 27.1 Å². The summed E-state index contributed by atoms with van der Waals surface area (Å²) in [5.74, 6) is -1.59. The summed E-state index contributed by atoms with van der Waals surface area (Å²) in [5.41, 5.74) is 0.887. The zero-order chi connectivity index (χ0) is 24.0. The fourth-order valence-electron chi connectivity index (χ4n) is 3.46. The van der Waals surface area contributed by atoms with Gasteiger partial charge < -0.3 is 10.1 Å². The van der Waals surface area contributed by atoms with Crippen LogP contribution in [0.25, 0.3) is 0 Å². The van der Waals surface area contributed by atoms with Gasteiger partial charge in [-0.25, -0.2) is 12.8 Å². The molecule has 0 radical (unpaired) electrons. The Labute approximate surface area is 197 Å². The van der Waals surface area contributed by atoms with Crippen molar-refractivity contribution in [3.05, 3.63) is 58.9 Å². The van der Waals surface area contributed by atoms with Crippen LogP contribution in [0.5, 0.6) is 0 Å². The molecule has 1 aliphatic heterocycles. The molecule has 1 amide bonds. The molecule has 7 nitrogen and oxygen atoms in total. The molecule has 2 aromatic rings. The molecule has 0 bridgehead atoms. The molecule has 1 aliphatic rings. The summed E-state index contributed by atoms with van der Waals surface area (Å²) >= 11 is 6.16. The number of benzene rings is 2. The predicted octanol–water partition coefficient (Wildman–Crippen LogP) is 4.16. The van der Waals surface area contributed by atoms with Crippen molar-refractivity contribution in [2.75, 3.05) is 18.4 Å². The Bertz CT molecular complexity index is 1100. The smallest absolute Gasteiger partial charge is 0.306 e. The van der Waals surface area contributed by atoms with Gasteiger partial charge in [0.05, 0.1) is 15.6 Å². The number of nitrogens with one attached hydrogen (secondary N) is 1. The predicted molar refractivity (Wildman–Crippen MR) is 123 cm³/mol. The third kappa shape index (κ3) is 6.75. The number of aryl methyl sites for hydroxylation is 1. The first-order valence-electron chi connectivity index (χ1n) is 10.7. The zero-order valence-corrected chi connectivity index (χ0v) is 19.8. The molecular formula is C23H26ClFN2O5S. The van der Waals surface area contributed by atoms with Gasteiger partial charge in [-0.2, -0.15) is 4.31 Å². The van der Waals surface area contributed by atoms with Gasteiger partial charge in [0.2, 0.25) is 10.0 Å². The highest BCUT2D eigenvalue weighted by Crippen LogP contribution is 2.28. The van der Waals surface area contributed by atoms with Crippen LogP contribution in [-0.2, 0) is 30.8 Å². The summed E-state index contributed by atoms with van der Waals surface area (Å²) in [6.45, 7) is 2.32. The Morgan fingerprint density at radius 3 is 2.45 bits per heavy atom.